The van der Waals surface area contributed by atoms with Gasteiger partial charge in [0.2, 0.25) is 5.95 Å². The molecule has 1 aliphatic rings. The SMILES string of the molecule is Cc1cc(-c2cnn(C)c2)ccc1Nc1ncc2c(C)cc(=O)n(C3CCOCC3)c2n1. The molecule has 0 radical (unpaired) electrons. The molecule has 0 saturated carbocycles. The fourth-order valence-corrected chi connectivity index (χ4v) is 4.30. The zero-order chi connectivity index (χ0) is 22.2. The van der Waals surface area contributed by atoms with E-state index in [0.29, 0.717) is 24.8 Å². The van der Waals surface area contributed by atoms with Crippen LogP contribution in [0, 0.1) is 13.8 Å². The molecule has 32 heavy (non-hydrogen) atoms. The summed E-state index contributed by atoms with van der Waals surface area (Å²) in [5.41, 5.74) is 5.69. The van der Waals surface area contributed by atoms with Gasteiger partial charge in [0.05, 0.1) is 6.20 Å². The highest BCUT2D eigenvalue weighted by Gasteiger charge is 2.21. The third kappa shape index (κ3) is 3.78. The molecule has 0 bridgehead atoms. The molecule has 4 heterocycles. The van der Waals surface area contributed by atoms with Crippen molar-refractivity contribution in [2.45, 2.75) is 32.7 Å². The fourth-order valence-electron chi connectivity index (χ4n) is 4.30. The molecule has 1 aromatic carbocycles. The first-order valence-corrected chi connectivity index (χ1v) is 10.8. The van der Waals surface area contributed by atoms with E-state index in [9.17, 15) is 4.79 Å². The predicted octanol–water partition coefficient (Wildman–Crippen LogP) is 3.90. The number of anilines is 2. The van der Waals surface area contributed by atoms with Crippen LogP contribution >= 0.6 is 0 Å². The summed E-state index contributed by atoms with van der Waals surface area (Å²) in [5, 5.41) is 8.48. The summed E-state index contributed by atoms with van der Waals surface area (Å²) in [6, 6.07) is 7.95. The third-order valence-corrected chi connectivity index (χ3v) is 6.07. The Morgan fingerprint density at radius 3 is 2.59 bits per heavy atom. The minimum absolute atomic E-state index is 0.0245. The highest BCUT2D eigenvalue weighted by Crippen LogP contribution is 2.28. The van der Waals surface area contributed by atoms with Gasteiger partial charge in [0.1, 0.15) is 5.65 Å². The lowest BCUT2D eigenvalue weighted by Gasteiger charge is -2.25. The largest absolute Gasteiger partial charge is 0.381 e. The van der Waals surface area contributed by atoms with Gasteiger partial charge in [0.25, 0.3) is 5.56 Å². The van der Waals surface area contributed by atoms with Crippen molar-refractivity contribution in [1.82, 2.24) is 24.3 Å². The molecule has 8 heteroatoms. The van der Waals surface area contributed by atoms with Gasteiger partial charge in [-0.25, -0.2) is 4.98 Å². The van der Waals surface area contributed by atoms with Gasteiger partial charge in [-0.05, 0) is 55.5 Å². The Bertz CT molecular complexity index is 1350. The van der Waals surface area contributed by atoms with Crippen molar-refractivity contribution in [2.75, 3.05) is 18.5 Å². The van der Waals surface area contributed by atoms with Crippen molar-refractivity contribution in [3.05, 3.63) is 64.3 Å². The van der Waals surface area contributed by atoms with Crippen LogP contribution in [0.2, 0.25) is 0 Å². The number of rotatable bonds is 4. The quantitative estimate of drug-likeness (QED) is 0.528. The molecule has 1 N–H and O–H groups in total. The number of benzene rings is 1. The van der Waals surface area contributed by atoms with E-state index in [-0.39, 0.29) is 11.6 Å². The summed E-state index contributed by atoms with van der Waals surface area (Å²) in [6.45, 7) is 5.29. The van der Waals surface area contributed by atoms with Crippen molar-refractivity contribution in [3.8, 4) is 11.1 Å². The topological polar surface area (TPSA) is 86.9 Å². The molecule has 3 aromatic heterocycles. The summed E-state index contributed by atoms with van der Waals surface area (Å²) in [6.07, 6.45) is 7.26. The lowest BCUT2D eigenvalue weighted by atomic mass is 10.1. The van der Waals surface area contributed by atoms with Gasteiger partial charge in [-0.3, -0.25) is 14.0 Å². The molecule has 164 valence electrons. The Morgan fingerprint density at radius 1 is 1.06 bits per heavy atom. The number of fused-ring (bicyclic) bond motifs is 1. The van der Waals surface area contributed by atoms with Crippen molar-refractivity contribution >= 4 is 22.7 Å². The predicted molar refractivity (Wildman–Crippen MR) is 124 cm³/mol. The summed E-state index contributed by atoms with van der Waals surface area (Å²) in [4.78, 5) is 22.2. The number of nitrogens with zero attached hydrogens (tertiary/aromatic N) is 5. The molecule has 0 amide bonds. The Hall–Kier alpha value is -3.52. The van der Waals surface area contributed by atoms with E-state index >= 15 is 0 Å². The smallest absolute Gasteiger partial charge is 0.252 e. The molecule has 0 spiro atoms. The number of hydrogen-bond acceptors (Lipinski definition) is 6. The van der Waals surface area contributed by atoms with Crippen LogP contribution in [0.4, 0.5) is 11.6 Å². The number of nitrogens with one attached hydrogen (secondary N) is 1. The average molecular weight is 431 g/mol. The highest BCUT2D eigenvalue weighted by molar-refractivity contribution is 5.80. The van der Waals surface area contributed by atoms with Gasteiger partial charge in [0.15, 0.2) is 0 Å². The van der Waals surface area contributed by atoms with E-state index in [1.54, 1.807) is 16.9 Å². The number of ether oxygens (including phenoxy) is 1. The Labute approximate surface area is 185 Å². The van der Waals surface area contributed by atoms with Crippen LogP contribution in [0.15, 0.2) is 47.7 Å². The van der Waals surface area contributed by atoms with Gasteiger partial charge in [-0.1, -0.05) is 6.07 Å². The van der Waals surface area contributed by atoms with Crippen molar-refractivity contribution in [2.24, 2.45) is 7.05 Å². The minimum atomic E-state index is -0.0245. The highest BCUT2D eigenvalue weighted by atomic mass is 16.5. The number of hydrogen-bond donors (Lipinski definition) is 1. The molecule has 4 aromatic rings. The molecular weight excluding hydrogens is 404 g/mol. The van der Waals surface area contributed by atoms with Crippen molar-refractivity contribution in [1.29, 1.82) is 0 Å². The van der Waals surface area contributed by atoms with E-state index in [1.165, 1.54) is 0 Å². The van der Waals surface area contributed by atoms with Gasteiger partial charge in [-0.15, -0.1) is 0 Å². The zero-order valence-corrected chi connectivity index (χ0v) is 18.5. The summed E-state index contributed by atoms with van der Waals surface area (Å²) in [7, 11) is 1.91. The van der Waals surface area contributed by atoms with Crippen molar-refractivity contribution in [3.63, 3.8) is 0 Å². The Morgan fingerprint density at radius 2 is 1.88 bits per heavy atom. The maximum Gasteiger partial charge on any atom is 0.252 e. The van der Waals surface area contributed by atoms with Crippen LogP contribution in [0.5, 0.6) is 0 Å². The van der Waals surface area contributed by atoms with E-state index in [4.69, 9.17) is 9.72 Å². The average Bonchev–Trinajstić information content (AvgIpc) is 3.22. The minimum Gasteiger partial charge on any atom is -0.381 e. The first-order chi connectivity index (χ1) is 15.5. The second-order valence-corrected chi connectivity index (χ2v) is 8.37. The van der Waals surface area contributed by atoms with Gasteiger partial charge in [-0.2, -0.15) is 10.1 Å². The van der Waals surface area contributed by atoms with Crippen LogP contribution in [-0.4, -0.2) is 37.5 Å². The van der Waals surface area contributed by atoms with Crippen LogP contribution in [0.1, 0.15) is 30.0 Å². The Balaban J connectivity index is 1.51. The zero-order valence-electron chi connectivity index (χ0n) is 18.5. The standard InChI is InChI=1S/C24H26N6O2/c1-15-11-22(31)30(19-6-8-32-9-7-19)23-20(15)13-25-24(28-23)27-21-5-4-17(10-16(21)2)18-12-26-29(3)14-18/h4-5,10-14,19H,6-9H2,1-3H3,(H,25,27,28). The lowest BCUT2D eigenvalue weighted by molar-refractivity contribution is 0.0697. The number of aryl methyl sites for hydroxylation is 3. The van der Waals surface area contributed by atoms with E-state index in [2.05, 4.69) is 27.5 Å². The molecule has 1 saturated heterocycles. The van der Waals surface area contributed by atoms with E-state index in [1.807, 2.05) is 43.9 Å². The van der Waals surface area contributed by atoms with Gasteiger partial charge in [0, 0.05) is 61.4 Å². The lowest BCUT2D eigenvalue weighted by Crippen LogP contribution is -2.30. The second-order valence-electron chi connectivity index (χ2n) is 8.37. The maximum absolute atomic E-state index is 12.9. The fraction of sp³-hybridized carbons (Fsp3) is 0.333. The molecule has 5 rings (SSSR count). The molecule has 0 unspecified atom stereocenters. The molecule has 1 fully saturated rings. The molecule has 0 aliphatic carbocycles. The van der Waals surface area contributed by atoms with Crippen LogP contribution in [-0.2, 0) is 11.8 Å². The van der Waals surface area contributed by atoms with Crippen LogP contribution < -0.4 is 10.9 Å². The molecule has 8 nitrogen and oxygen atoms in total. The monoisotopic (exact) mass is 430 g/mol. The van der Waals surface area contributed by atoms with Crippen molar-refractivity contribution < 1.29 is 4.74 Å². The second kappa shape index (κ2) is 8.20. The van der Waals surface area contributed by atoms with Crippen LogP contribution in [0.25, 0.3) is 22.2 Å². The third-order valence-electron chi connectivity index (χ3n) is 6.07. The summed E-state index contributed by atoms with van der Waals surface area (Å²) < 4.78 is 9.10. The Kier molecular flexibility index (Phi) is 5.22. The first-order valence-electron chi connectivity index (χ1n) is 10.8. The normalized spacial score (nSPS) is 14.7. The molecular formula is C24H26N6O2. The van der Waals surface area contributed by atoms with E-state index in [0.717, 1.165) is 46.2 Å². The number of aromatic nitrogens is 5. The maximum atomic E-state index is 12.9. The summed E-state index contributed by atoms with van der Waals surface area (Å²) in [5.74, 6) is 0.473. The van der Waals surface area contributed by atoms with Gasteiger partial charge < -0.3 is 10.1 Å². The van der Waals surface area contributed by atoms with Gasteiger partial charge >= 0.3 is 0 Å². The van der Waals surface area contributed by atoms with Crippen LogP contribution in [0.3, 0.4) is 0 Å². The molecule has 1 aliphatic heterocycles. The molecule has 0 atom stereocenters. The first kappa shape index (κ1) is 20.4. The van der Waals surface area contributed by atoms with E-state index < -0.39 is 0 Å². The summed E-state index contributed by atoms with van der Waals surface area (Å²) >= 11 is 0. The number of pyridine rings is 1.